The molecule has 2 aromatic rings. The summed E-state index contributed by atoms with van der Waals surface area (Å²) in [7, 11) is 3.66. The minimum Gasteiger partial charge on any atom is -0.375 e. The van der Waals surface area contributed by atoms with Crippen molar-refractivity contribution in [3.05, 3.63) is 41.4 Å². The lowest BCUT2D eigenvalue weighted by Crippen LogP contribution is -2.65. The number of pyridine rings is 1. The van der Waals surface area contributed by atoms with Crippen LogP contribution in [0.1, 0.15) is 80.1 Å². The topological polar surface area (TPSA) is 113 Å². The van der Waals surface area contributed by atoms with Gasteiger partial charge in [-0.25, -0.2) is 14.5 Å². The van der Waals surface area contributed by atoms with Gasteiger partial charge in [0.25, 0.3) is 5.91 Å². The largest absolute Gasteiger partial charge is 0.375 e. The van der Waals surface area contributed by atoms with E-state index in [9.17, 15) is 9.59 Å². The number of nitrogens with zero attached hydrogens (tertiary/aromatic N) is 6. The lowest BCUT2D eigenvalue weighted by molar-refractivity contribution is -0.127. The lowest BCUT2D eigenvalue weighted by atomic mass is 9.95. The molecular formula is C33H45N8O3+. The van der Waals surface area contributed by atoms with Crippen LogP contribution in [-0.2, 0) is 9.53 Å². The number of likely N-dealkylation sites (N-methyl/N-ethyl adjacent to an activating group) is 1. The van der Waals surface area contributed by atoms with Gasteiger partial charge in [0.2, 0.25) is 17.5 Å². The molecule has 1 saturated carbocycles. The highest BCUT2D eigenvalue weighted by atomic mass is 16.5. The maximum atomic E-state index is 13.9. The third-order valence-electron chi connectivity index (χ3n) is 10.3. The normalized spacial score (nSPS) is 28.6. The maximum Gasteiger partial charge on any atom is 0.307 e. The Balaban J connectivity index is 1.20. The first kappa shape index (κ1) is 29.3. The molecule has 2 bridgehead atoms. The van der Waals surface area contributed by atoms with Gasteiger partial charge in [0.1, 0.15) is 17.9 Å². The summed E-state index contributed by atoms with van der Waals surface area (Å²) in [5.74, 6) is 1.95. The molecule has 0 aromatic carbocycles. The van der Waals surface area contributed by atoms with Crippen LogP contribution in [0.4, 0.5) is 17.6 Å². The zero-order valence-electron chi connectivity index (χ0n) is 26.0. The number of rotatable bonds is 6. The molecule has 4 fully saturated rings. The highest BCUT2D eigenvalue weighted by Gasteiger charge is 2.57. The molecule has 2 N–H and O–H groups in total. The van der Waals surface area contributed by atoms with E-state index in [4.69, 9.17) is 9.72 Å². The Labute approximate surface area is 259 Å². The van der Waals surface area contributed by atoms with Gasteiger partial charge in [-0.15, -0.1) is 0 Å². The van der Waals surface area contributed by atoms with Gasteiger partial charge in [-0.1, -0.05) is 12.8 Å². The number of hydrogen-bond acceptors (Lipinski definition) is 8. The first-order valence-electron chi connectivity index (χ1n) is 16.5. The van der Waals surface area contributed by atoms with Crippen LogP contribution in [0.5, 0.6) is 0 Å². The number of carbonyl (C=O) groups excluding carboxylic acids is 2. The van der Waals surface area contributed by atoms with Crippen LogP contribution >= 0.6 is 0 Å². The van der Waals surface area contributed by atoms with Gasteiger partial charge in [0.15, 0.2) is 0 Å². The van der Waals surface area contributed by atoms with Crippen LogP contribution in [-0.4, -0.2) is 101 Å². The van der Waals surface area contributed by atoms with E-state index in [0.717, 1.165) is 88.1 Å². The summed E-state index contributed by atoms with van der Waals surface area (Å²) < 4.78 is 6.53. The van der Waals surface area contributed by atoms with E-state index in [1.54, 1.807) is 11.1 Å². The molecule has 234 valence electrons. The second-order valence-corrected chi connectivity index (χ2v) is 13.4. The summed E-state index contributed by atoms with van der Waals surface area (Å²) in [6.45, 7) is 2.85. The molecule has 3 saturated heterocycles. The van der Waals surface area contributed by atoms with Gasteiger partial charge in [-0.05, 0) is 44.2 Å². The highest BCUT2D eigenvalue weighted by Crippen LogP contribution is 2.48. The fraction of sp³-hybridized carbons (Fsp3) is 0.606. The number of piperazine rings is 1. The molecule has 4 unspecified atom stereocenters. The van der Waals surface area contributed by atoms with Crippen molar-refractivity contribution in [2.75, 3.05) is 45.7 Å². The van der Waals surface area contributed by atoms with Gasteiger partial charge < -0.3 is 25.2 Å². The molecule has 6 heterocycles. The molecule has 0 radical (unpaired) electrons. The number of carbonyl (C=O) groups is 2. The zero-order valence-corrected chi connectivity index (χ0v) is 26.0. The number of nitrogens with one attached hydrogen (secondary N) is 2. The fourth-order valence-electron chi connectivity index (χ4n) is 8.26. The second kappa shape index (κ2) is 12.2. The Kier molecular flexibility index (Phi) is 8.11. The quantitative estimate of drug-likeness (QED) is 0.380. The van der Waals surface area contributed by atoms with Crippen molar-refractivity contribution in [3.8, 4) is 0 Å². The monoisotopic (exact) mass is 601 g/mol. The molecule has 4 aliphatic heterocycles. The van der Waals surface area contributed by atoms with Gasteiger partial charge >= 0.3 is 5.91 Å². The third kappa shape index (κ3) is 5.28. The molecule has 4 atom stereocenters. The average Bonchev–Trinajstić information content (AvgIpc) is 3.42. The van der Waals surface area contributed by atoms with E-state index in [1.807, 2.05) is 43.4 Å². The summed E-state index contributed by atoms with van der Waals surface area (Å²) in [4.78, 5) is 45.2. The molecular weight excluding hydrogens is 556 g/mol. The Bertz CT molecular complexity index is 1400. The van der Waals surface area contributed by atoms with Crippen molar-refractivity contribution < 1.29 is 14.3 Å². The van der Waals surface area contributed by atoms with Crippen LogP contribution < -0.4 is 15.1 Å². The van der Waals surface area contributed by atoms with Gasteiger partial charge in [-0.2, -0.15) is 4.98 Å². The van der Waals surface area contributed by atoms with E-state index in [-0.39, 0.29) is 23.9 Å². The van der Waals surface area contributed by atoms with Crippen molar-refractivity contribution in [2.24, 2.45) is 0 Å². The summed E-state index contributed by atoms with van der Waals surface area (Å²) in [6, 6.07) is 4.80. The Morgan fingerprint density at radius 2 is 1.70 bits per heavy atom. The standard InChI is InChI=1S/C33H44N8O3/c1-39(2)32(43)28-16-23-18-35-33(37-29-14-11-22(17-34-29)31(42)40-19-24-12-13-25(20-40)36-24)38-30(23)41(28,27-10-7-15-44-21-27)26-8-5-3-4-6-9-26/h11,14,16-18,24-27,36H,3-10,12-13,15,19-21H2,1-2H3/p+1. The minimum atomic E-state index is 0.0201. The first-order valence-corrected chi connectivity index (χ1v) is 16.5. The molecule has 1 aliphatic carbocycles. The van der Waals surface area contributed by atoms with E-state index >= 15 is 0 Å². The number of aromatic nitrogens is 3. The predicted molar refractivity (Wildman–Crippen MR) is 169 cm³/mol. The van der Waals surface area contributed by atoms with Crippen LogP contribution in [0, 0.1) is 0 Å². The Morgan fingerprint density at radius 3 is 2.36 bits per heavy atom. The van der Waals surface area contributed by atoms with Gasteiger partial charge in [0, 0.05) is 83.6 Å². The van der Waals surface area contributed by atoms with Gasteiger partial charge in [-0.3, -0.25) is 9.59 Å². The summed E-state index contributed by atoms with van der Waals surface area (Å²) in [6.07, 6.45) is 16.6. The zero-order chi connectivity index (χ0) is 30.3. The molecule has 7 rings (SSSR count). The van der Waals surface area contributed by atoms with Crippen LogP contribution in [0.25, 0.3) is 6.08 Å². The van der Waals surface area contributed by atoms with Crippen LogP contribution in [0.15, 0.2) is 30.2 Å². The van der Waals surface area contributed by atoms with Gasteiger partial charge in [0.05, 0.1) is 17.7 Å². The van der Waals surface area contributed by atoms with Crippen molar-refractivity contribution in [2.45, 2.75) is 88.4 Å². The molecule has 11 nitrogen and oxygen atoms in total. The summed E-state index contributed by atoms with van der Waals surface area (Å²) in [5.41, 5.74) is 2.26. The lowest BCUT2D eigenvalue weighted by Gasteiger charge is -2.48. The van der Waals surface area contributed by atoms with Crippen LogP contribution in [0.3, 0.4) is 0 Å². The summed E-state index contributed by atoms with van der Waals surface area (Å²) >= 11 is 0. The van der Waals surface area contributed by atoms with Crippen molar-refractivity contribution in [1.82, 2.24) is 34.6 Å². The van der Waals surface area contributed by atoms with Crippen LogP contribution in [0.2, 0.25) is 0 Å². The molecule has 2 amide bonds. The molecule has 2 aromatic heterocycles. The van der Waals surface area contributed by atoms with E-state index in [1.165, 1.54) is 12.8 Å². The molecule has 0 spiro atoms. The molecule has 5 aliphatic rings. The number of likely N-dealkylation sites (tertiary alicyclic amines) is 1. The number of quaternary nitrogens is 1. The van der Waals surface area contributed by atoms with Crippen molar-refractivity contribution in [1.29, 1.82) is 0 Å². The predicted octanol–water partition coefficient (Wildman–Crippen LogP) is 3.84. The van der Waals surface area contributed by atoms with E-state index in [2.05, 4.69) is 20.6 Å². The Hall–Kier alpha value is -3.41. The smallest absolute Gasteiger partial charge is 0.307 e. The van der Waals surface area contributed by atoms with E-state index < -0.39 is 0 Å². The number of anilines is 2. The molecule has 44 heavy (non-hydrogen) atoms. The SMILES string of the molecule is CN(C)C(=O)C1=Cc2cnc(Nc3ccc(C(=O)N4CC5CCC(C4)N5)cn3)nc2[N+]1(C1CCCCCC1)C1CCCOC1. The Morgan fingerprint density at radius 1 is 0.955 bits per heavy atom. The van der Waals surface area contributed by atoms with Crippen molar-refractivity contribution in [3.63, 3.8) is 0 Å². The number of fused-ring (bicyclic) bond motifs is 3. The van der Waals surface area contributed by atoms with E-state index in [0.29, 0.717) is 40.5 Å². The highest BCUT2D eigenvalue weighted by molar-refractivity contribution is 6.03. The fourth-order valence-corrected chi connectivity index (χ4v) is 8.26. The maximum absolute atomic E-state index is 13.9. The molecule has 11 heteroatoms. The average molecular weight is 602 g/mol. The second-order valence-electron chi connectivity index (χ2n) is 13.4. The third-order valence-corrected chi connectivity index (χ3v) is 10.3. The number of ether oxygens (including phenoxy) is 1. The summed E-state index contributed by atoms with van der Waals surface area (Å²) in [5, 5.41) is 6.88. The van der Waals surface area contributed by atoms with Crippen molar-refractivity contribution >= 4 is 35.5 Å². The minimum absolute atomic E-state index is 0.0201. The number of amides is 2. The first-order chi connectivity index (χ1) is 21.4. The number of hydrogen-bond donors (Lipinski definition) is 2.